The van der Waals surface area contributed by atoms with E-state index in [1.165, 1.54) is 22.0 Å². The van der Waals surface area contributed by atoms with Gasteiger partial charge in [-0.25, -0.2) is 0 Å². The molecule has 2 aromatic carbocycles. The Labute approximate surface area is 100 Å². The summed E-state index contributed by atoms with van der Waals surface area (Å²) in [6, 6.07) is 17.0. The number of H-pyrrole nitrogens is 1. The largest absolute Gasteiger partial charge is 0.388 e. The fourth-order valence-electron chi connectivity index (χ4n) is 2.09. The fraction of sp³-hybridized carbons (Fsp3) is 0.0667. The molecule has 0 amide bonds. The van der Waals surface area contributed by atoms with Gasteiger partial charge in [0.2, 0.25) is 0 Å². The monoisotopic (exact) mass is 222 g/mol. The summed E-state index contributed by atoms with van der Waals surface area (Å²) >= 11 is 0. The summed E-state index contributed by atoms with van der Waals surface area (Å²) in [5.74, 6) is 0. The first-order valence-corrected chi connectivity index (χ1v) is 5.72. The summed E-state index contributed by atoms with van der Waals surface area (Å²) in [6.07, 6.45) is 1.97. The van der Waals surface area contributed by atoms with Gasteiger partial charge in [0.05, 0.1) is 0 Å². The highest BCUT2D eigenvalue weighted by molar-refractivity contribution is 5.85. The van der Waals surface area contributed by atoms with E-state index in [4.69, 9.17) is 0 Å². The number of benzene rings is 2. The molecule has 17 heavy (non-hydrogen) atoms. The molecule has 1 aromatic heterocycles. The van der Waals surface area contributed by atoms with Crippen molar-refractivity contribution in [2.45, 2.75) is 0 Å². The van der Waals surface area contributed by atoms with E-state index in [9.17, 15) is 0 Å². The lowest BCUT2D eigenvalue weighted by molar-refractivity contribution is 1.48. The van der Waals surface area contributed by atoms with E-state index < -0.39 is 0 Å². The summed E-state index contributed by atoms with van der Waals surface area (Å²) in [5, 5.41) is 4.41. The lowest BCUT2D eigenvalue weighted by Crippen LogP contribution is -1.87. The van der Waals surface area contributed by atoms with E-state index in [1.54, 1.807) is 0 Å². The molecule has 0 saturated heterocycles. The number of aromatic amines is 1. The van der Waals surface area contributed by atoms with Crippen LogP contribution in [0.25, 0.3) is 22.0 Å². The molecule has 0 atom stereocenters. The van der Waals surface area contributed by atoms with Crippen molar-refractivity contribution < 1.29 is 0 Å². The zero-order valence-electron chi connectivity index (χ0n) is 9.70. The standard InChI is InChI=1S/C15H14N2/c1-16-14-4-2-3-11(10-14)12-5-6-15-13(9-12)7-8-17-15/h2-10,16-17H,1H3. The van der Waals surface area contributed by atoms with Crippen molar-refractivity contribution in [1.82, 2.24) is 4.98 Å². The van der Waals surface area contributed by atoms with Gasteiger partial charge in [-0.05, 0) is 46.8 Å². The van der Waals surface area contributed by atoms with Crippen molar-refractivity contribution in [1.29, 1.82) is 0 Å². The second-order valence-electron chi connectivity index (χ2n) is 4.11. The molecular formula is C15H14N2. The first-order valence-electron chi connectivity index (χ1n) is 5.72. The van der Waals surface area contributed by atoms with Crippen LogP contribution in [0.1, 0.15) is 0 Å². The lowest BCUT2D eigenvalue weighted by atomic mass is 10.0. The molecule has 0 fully saturated rings. The molecule has 0 spiro atoms. The Morgan fingerprint density at radius 3 is 2.71 bits per heavy atom. The molecular weight excluding hydrogens is 208 g/mol. The van der Waals surface area contributed by atoms with E-state index >= 15 is 0 Å². The Morgan fingerprint density at radius 1 is 0.941 bits per heavy atom. The summed E-state index contributed by atoms with van der Waals surface area (Å²) < 4.78 is 0. The van der Waals surface area contributed by atoms with Gasteiger partial charge in [0.1, 0.15) is 0 Å². The van der Waals surface area contributed by atoms with Crippen molar-refractivity contribution >= 4 is 16.6 Å². The van der Waals surface area contributed by atoms with Crippen LogP contribution in [0.15, 0.2) is 54.7 Å². The van der Waals surface area contributed by atoms with Gasteiger partial charge in [0.25, 0.3) is 0 Å². The van der Waals surface area contributed by atoms with Crippen molar-refractivity contribution in [3.63, 3.8) is 0 Å². The van der Waals surface area contributed by atoms with Crippen LogP contribution in [0, 0.1) is 0 Å². The topological polar surface area (TPSA) is 27.8 Å². The number of nitrogens with one attached hydrogen (secondary N) is 2. The molecule has 2 nitrogen and oxygen atoms in total. The minimum Gasteiger partial charge on any atom is -0.388 e. The number of hydrogen-bond donors (Lipinski definition) is 2. The number of aromatic nitrogens is 1. The van der Waals surface area contributed by atoms with E-state index in [0.717, 1.165) is 5.69 Å². The molecule has 3 aromatic rings. The first-order chi connectivity index (χ1) is 8.36. The van der Waals surface area contributed by atoms with Gasteiger partial charge in [0.15, 0.2) is 0 Å². The maximum atomic E-state index is 3.21. The number of anilines is 1. The molecule has 1 heterocycles. The molecule has 0 saturated carbocycles. The van der Waals surface area contributed by atoms with Crippen molar-refractivity contribution in [3.05, 3.63) is 54.7 Å². The van der Waals surface area contributed by atoms with Gasteiger partial charge in [-0.1, -0.05) is 18.2 Å². The number of rotatable bonds is 2. The van der Waals surface area contributed by atoms with E-state index in [0.29, 0.717) is 0 Å². The second-order valence-corrected chi connectivity index (χ2v) is 4.11. The Bertz CT molecular complexity index is 653. The smallest absolute Gasteiger partial charge is 0.0454 e. The van der Waals surface area contributed by atoms with Crippen LogP contribution in [0.2, 0.25) is 0 Å². The summed E-state index contributed by atoms with van der Waals surface area (Å²) in [6.45, 7) is 0. The molecule has 2 heteroatoms. The van der Waals surface area contributed by atoms with Crippen LogP contribution in [-0.4, -0.2) is 12.0 Å². The van der Waals surface area contributed by atoms with E-state index in [2.05, 4.69) is 58.8 Å². The third kappa shape index (κ3) is 1.78. The normalized spacial score (nSPS) is 10.6. The zero-order chi connectivity index (χ0) is 11.7. The van der Waals surface area contributed by atoms with Gasteiger partial charge in [-0.2, -0.15) is 0 Å². The molecule has 3 rings (SSSR count). The van der Waals surface area contributed by atoms with Gasteiger partial charge >= 0.3 is 0 Å². The third-order valence-corrected chi connectivity index (χ3v) is 3.04. The highest BCUT2D eigenvalue weighted by Crippen LogP contribution is 2.25. The van der Waals surface area contributed by atoms with Gasteiger partial charge < -0.3 is 10.3 Å². The summed E-state index contributed by atoms with van der Waals surface area (Å²) in [7, 11) is 1.94. The van der Waals surface area contributed by atoms with Crippen LogP contribution in [-0.2, 0) is 0 Å². The summed E-state index contributed by atoms with van der Waals surface area (Å²) in [4.78, 5) is 3.21. The zero-order valence-corrected chi connectivity index (χ0v) is 9.70. The Balaban J connectivity index is 2.12. The van der Waals surface area contributed by atoms with Crippen LogP contribution < -0.4 is 5.32 Å². The molecule has 0 aliphatic carbocycles. The van der Waals surface area contributed by atoms with Crippen molar-refractivity contribution in [2.24, 2.45) is 0 Å². The second kappa shape index (κ2) is 3.98. The molecule has 0 aliphatic heterocycles. The molecule has 0 unspecified atom stereocenters. The highest BCUT2D eigenvalue weighted by atomic mass is 14.8. The molecule has 84 valence electrons. The van der Waals surface area contributed by atoms with Crippen LogP contribution in [0.3, 0.4) is 0 Å². The minimum atomic E-state index is 1.14. The van der Waals surface area contributed by atoms with Crippen LogP contribution in [0.4, 0.5) is 5.69 Å². The summed E-state index contributed by atoms with van der Waals surface area (Å²) in [5.41, 5.74) is 4.80. The maximum absolute atomic E-state index is 3.21. The minimum absolute atomic E-state index is 1.14. The van der Waals surface area contributed by atoms with Crippen LogP contribution in [0.5, 0.6) is 0 Å². The molecule has 0 radical (unpaired) electrons. The van der Waals surface area contributed by atoms with Crippen molar-refractivity contribution in [3.8, 4) is 11.1 Å². The Kier molecular flexibility index (Phi) is 2.33. The average molecular weight is 222 g/mol. The fourth-order valence-corrected chi connectivity index (χ4v) is 2.09. The predicted molar refractivity (Wildman–Crippen MR) is 73.3 cm³/mol. The van der Waals surface area contributed by atoms with E-state index in [1.807, 2.05) is 13.2 Å². The molecule has 0 bridgehead atoms. The lowest BCUT2D eigenvalue weighted by Gasteiger charge is -2.05. The maximum Gasteiger partial charge on any atom is 0.0454 e. The van der Waals surface area contributed by atoms with Gasteiger partial charge in [-0.3, -0.25) is 0 Å². The third-order valence-electron chi connectivity index (χ3n) is 3.04. The van der Waals surface area contributed by atoms with Crippen molar-refractivity contribution in [2.75, 3.05) is 12.4 Å². The molecule has 0 aliphatic rings. The average Bonchev–Trinajstić information content (AvgIpc) is 2.86. The van der Waals surface area contributed by atoms with Gasteiger partial charge in [0, 0.05) is 24.4 Å². The number of fused-ring (bicyclic) bond motifs is 1. The Hall–Kier alpha value is -2.22. The predicted octanol–water partition coefficient (Wildman–Crippen LogP) is 3.88. The quantitative estimate of drug-likeness (QED) is 0.676. The van der Waals surface area contributed by atoms with E-state index in [-0.39, 0.29) is 0 Å². The highest BCUT2D eigenvalue weighted by Gasteiger charge is 2.00. The van der Waals surface area contributed by atoms with Gasteiger partial charge in [-0.15, -0.1) is 0 Å². The first kappa shape index (κ1) is 9.97. The molecule has 2 N–H and O–H groups in total. The van der Waals surface area contributed by atoms with Crippen LogP contribution >= 0.6 is 0 Å². The Morgan fingerprint density at radius 2 is 1.82 bits per heavy atom. The number of hydrogen-bond acceptors (Lipinski definition) is 1. The SMILES string of the molecule is CNc1cccc(-c2ccc3[nH]ccc3c2)c1.